The zero-order valence-electron chi connectivity index (χ0n) is 10.1. The Hall–Kier alpha value is -1.72. The van der Waals surface area contributed by atoms with Crippen molar-refractivity contribution in [1.82, 2.24) is 0 Å². The van der Waals surface area contributed by atoms with E-state index in [0.29, 0.717) is 5.56 Å². The lowest BCUT2D eigenvalue weighted by atomic mass is 9.77. The Labute approximate surface area is 111 Å². The van der Waals surface area contributed by atoms with Crippen LogP contribution in [0.5, 0.6) is 0 Å². The van der Waals surface area contributed by atoms with E-state index in [2.05, 4.69) is 0 Å². The lowest BCUT2D eigenvalue weighted by Crippen LogP contribution is -2.49. The van der Waals surface area contributed by atoms with Gasteiger partial charge < -0.3 is 0 Å². The standard InChI is InChI=1S/C14H10F6/c15-13(16,17)12(14(18,19)20)8-4-7-11(9-12)10-5-2-1-3-6-10/h1-7,9H,8H2. The molecule has 1 aromatic rings. The smallest absolute Gasteiger partial charge is 0.170 e. The molecule has 0 heterocycles. The maximum Gasteiger partial charge on any atom is 0.406 e. The normalized spacial score (nSPS) is 18.8. The molecule has 0 aliphatic heterocycles. The molecule has 0 radical (unpaired) electrons. The van der Waals surface area contributed by atoms with Crippen LogP contribution in [-0.2, 0) is 0 Å². The van der Waals surface area contributed by atoms with Gasteiger partial charge in [0.25, 0.3) is 0 Å². The minimum absolute atomic E-state index is 0.0773. The van der Waals surface area contributed by atoms with Crippen LogP contribution in [0.2, 0.25) is 0 Å². The molecule has 1 aliphatic carbocycles. The SMILES string of the molecule is FC(F)(F)C1(C(F)(F)F)C=C(c2ccccc2)C=CC1. The lowest BCUT2D eigenvalue weighted by Gasteiger charge is -2.36. The fourth-order valence-electron chi connectivity index (χ4n) is 2.11. The number of hydrogen-bond donors (Lipinski definition) is 0. The number of benzene rings is 1. The number of rotatable bonds is 1. The van der Waals surface area contributed by atoms with E-state index in [1.165, 1.54) is 18.2 Å². The molecule has 0 atom stereocenters. The number of hydrogen-bond acceptors (Lipinski definition) is 0. The molecule has 0 unspecified atom stereocenters. The zero-order valence-corrected chi connectivity index (χ0v) is 10.1. The Morgan fingerprint density at radius 3 is 1.90 bits per heavy atom. The van der Waals surface area contributed by atoms with E-state index in [-0.39, 0.29) is 11.6 Å². The Kier molecular flexibility index (Phi) is 3.44. The van der Waals surface area contributed by atoms with Crippen molar-refractivity contribution in [2.45, 2.75) is 18.8 Å². The third-order valence-corrected chi connectivity index (χ3v) is 3.26. The predicted octanol–water partition coefficient (Wildman–Crippen LogP) is 5.14. The van der Waals surface area contributed by atoms with Crippen molar-refractivity contribution < 1.29 is 26.3 Å². The van der Waals surface area contributed by atoms with E-state index >= 15 is 0 Å². The van der Waals surface area contributed by atoms with Gasteiger partial charge in [-0.3, -0.25) is 0 Å². The highest BCUT2D eigenvalue weighted by Crippen LogP contribution is 2.56. The van der Waals surface area contributed by atoms with Gasteiger partial charge in [0.15, 0.2) is 5.41 Å². The Bertz CT molecular complexity index is 519. The van der Waals surface area contributed by atoms with Gasteiger partial charge in [-0.1, -0.05) is 48.6 Å². The molecular formula is C14H10F6. The number of alkyl halides is 6. The average Bonchev–Trinajstić information content (AvgIpc) is 2.37. The first-order valence-corrected chi connectivity index (χ1v) is 5.76. The Morgan fingerprint density at radius 2 is 1.40 bits per heavy atom. The first kappa shape index (κ1) is 14.7. The summed E-state index contributed by atoms with van der Waals surface area (Å²) in [4.78, 5) is 0. The second-order valence-electron chi connectivity index (χ2n) is 4.54. The molecule has 0 bridgehead atoms. The van der Waals surface area contributed by atoms with Gasteiger partial charge in [-0.25, -0.2) is 0 Å². The van der Waals surface area contributed by atoms with Gasteiger partial charge in [0.1, 0.15) is 0 Å². The van der Waals surface area contributed by atoms with Crippen LogP contribution in [0.25, 0.3) is 5.57 Å². The van der Waals surface area contributed by atoms with Crippen molar-refractivity contribution in [3.8, 4) is 0 Å². The highest BCUT2D eigenvalue weighted by molar-refractivity contribution is 5.75. The van der Waals surface area contributed by atoms with Crippen LogP contribution < -0.4 is 0 Å². The molecule has 0 nitrogen and oxygen atoms in total. The zero-order chi connectivity index (χ0) is 15.0. The molecule has 0 spiro atoms. The molecule has 20 heavy (non-hydrogen) atoms. The molecule has 0 aromatic heterocycles. The number of allylic oxidation sites excluding steroid dienone is 4. The van der Waals surface area contributed by atoms with Gasteiger partial charge in [-0.15, -0.1) is 0 Å². The Balaban J connectivity index is 2.57. The highest BCUT2D eigenvalue weighted by Gasteiger charge is 2.69. The molecule has 1 aliphatic rings. The number of halogens is 6. The fourth-order valence-corrected chi connectivity index (χ4v) is 2.11. The van der Waals surface area contributed by atoms with Crippen LogP contribution >= 0.6 is 0 Å². The molecule has 2 rings (SSSR count). The minimum atomic E-state index is -5.39. The summed E-state index contributed by atoms with van der Waals surface area (Å²) in [6.45, 7) is 0. The maximum absolute atomic E-state index is 13.0. The van der Waals surface area contributed by atoms with Gasteiger partial charge in [0.2, 0.25) is 0 Å². The van der Waals surface area contributed by atoms with Crippen LogP contribution in [0.4, 0.5) is 26.3 Å². The van der Waals surface area contributed by atoms with Gasteiger partial charge >= 0.3 is 12.4 Å². The summed E-state index contributed by atoms with van der Waals surface area (Å²) >= 11 is 0. The van der Waals surface area contributed by atoms with Crippen molar-refractivity contribution in [3.05, 3.63) is 54.1 Å². The van der Waals surface area contributed by atoms with Crippen molar-refractivity contribution in [1.29, 1.82) is 0 Å². The Morgan fingerprint density at radius 1 is 0.850 bits per heavy atom. The first-order chi connectivity index (χ1) is 9.17. The molecule has 0 fully saturated rings. The third kappa shape index (κ3) is 2.34. The predicted molar refractivity (Wildman–Crippen MR) is 62.7 cm³/mol. The van der Waals surface area contributed by atoms with E-state index < -0.39 is 24.2 Å². The van der Waals surface area contributed by atoms with Gasteiger partial charge in [0.05, 0.1) is 0 Å². The quantitative estimate of drug-likeness (QED) is 0.629. The van der Waals surface area contributed by atoms with Gasteiger partial charge in [-0.2, -0.15) is 26.3 Å². The molecule has 6 heteroatoms. The summed E-state index contributed by atoms with van der Waals surface area (Å²) in [5.74, 6) is 0. The summed E-state index contributed by atoms with van der Waals surface area (Å²) in [6, 6.07) is 7.69. The van der Waals surface area contributed by atoms with Gasteiger partial charge in [-0.05, 0) is 17.6 Å². The van der Waals surface area contributed by atoms with Crippen molar-refractivity contribution in [3.63, 3.8) is 0 Å². The van der Waals surface area contributed by atoms with E-state index in [1.807, 2.05) is 0 Å². The maximum atomic E-state index is 13.0. The molecule has 0 amide bonds. The molecule has 108 valence electrons. The summed E-state index contributed by atoms with van der Waals surface area (Å²) in [6.07, 6.45) is -9.43. The monoisotopic (exact) mass is 292 g/mol. The van der Waals surface area contributed by atoms with Crippen LogP contribution in [-0.4, -0.2) is 12.4 Å². The summed E-state index contributed by atoms with van der Waals surface area (Å²) in [7, 11) is 0. The van der Waals surface area contributed by atoms with Crippen LogP contribution in [0.1, 0.15) is 12.0 Å². The fraction of sp³-hybridized carbons (Fsp3) is 0.286. The lowest BCUT2D eigenvalue weighted by molar-refractivity contribution is -0.320. The van der Waals surface area contributed by atoms with Crippen molar-refractivity contribution in [2.24, 2.45) is 5.41 Å². The second-order valence-corrected chi connectivity index (χ2v) is 4.54. The van der Waals surface area contributed by atoms with Gasteiger partial charge in [0, 0.05) is 0 Å². The van der Waals surface area contributed by atoms with Crippen LogP contribution in [0, 0.1) is 5.41 Å². The first-order valence-electron chi connectivity index (χ1n) is 5.76. The summed E-state index contributed by atoms with van der Waals surface area (Å²) in [5.41, 5.74) is -3.58. The van der Waals surface area contributed by atoms with Crippen LogP contribution in [0.3, 0.4) is 0 Å². The van der Waals surface area contributed by atoms with E-state index in [0.717, 1.165) is 6.08 Å². The molecule has 0 saturated carbocycles. The van der Waals surface area contributed by atoms with E-state index in [1.54, 1.807) is 18.2 Å². The van der Waals surface area contributed by atoms with Crippen molar-refractivity contribution in [2.75, 3.05) is 0 Å². The summed E-state index contributed by atoms with van der Waals surface area (Å²) < 4.78 is 77.9. The van der Waals surface area contributed by atoms with Crippen LogP contribution in [0.15, 0.2) is 48.6 Å². The highest BCUT2D eigenvalue weighted by atomic mass is 19.4. The van der Waals surface area contributed by atoms with E-state index in [9.17, 15) is 26.3 Å². The van der Waals surface area contributed by atoms with E-state index in [4.69, 9.17) is 0 Å². The molecule has 0 saturated heterocycles. The topological polar surface area (TPSA) is 0 Å². The summed E-state index contributed by atoms with van der Waals surface area (Å²) in [5, 5.41) is 0. The third-order valence-electron chi connectivity index (χ3n) is 3.26. The average molecular weight is 292 g/mol. The molecule has 1 aromatic carbocycles. The van der Waals surface area contributed by atoms with Crippen molar-refractivity contribution >= 4 is 5.57 Å². The largest absolute Gasteiger partial charge is 0.406 e. The molecule has 0 N–H and O–H groups in total. The minimum Gasteiger partial charge on any atom is -0.170 e. The molecular weight excluding hydrogens is 282 g/mol. The second kappa shape index (κ2) is 4.68.